The fraction of sp³-hybridized carbons (Fsp3) is 0.400. The number of furan rings is 1. The van der Waals surface area contributed by atoms with Crippen LogP contribution in [0.15, 0.2) is 28.0 Å². The molecule has 0 N–H and O–H groups in total. The second kappa shape index (κ2) is 4.16. The summed E-state index contributed by atoms with van der Waals surface area (Å²) in [7, 11) is 0. The molecule has 0 saturated heterocycles. The van der Waals surface area contributed by atoms with Crippen molar-refractivity contribution in [1.82, 2.24) is 0 Å². The Morgan fingerprint density at radius 1 is 1.73 bits per heavy atom. The van der Waals surface area contributed by atoms with Crippen molar-refractivity contribution >= 4 is 11.9 Å². The van der Waals surface area contributed by atoms with Crippen LogP contribution >= 0.6 is 0 Å². The molecule has 1 aliphatic rings. The molecule has 80 valence electrons. The topological polar surface area (TPSA) is 61.0 Å². The Morgan fingerprint density at radius 3 is 3.27 bits per heavy atom. The Morgan fingerprint density at radius 2 is 2.60 bits per heavy atom. The monoisotopic (exact) mass is 209 g/mol. The highest BCUT2D eigenvalue weighted by Gasteiger charge is 2.22. The molecule has 0 amide bonds. The lowest BCUT2D eigenvalue weighted by Gasteiger charge is -2.09. The first-order chi connectivity index (χ1) is 7.25. The predicted molar refractivity (Wildman–Crippen MR) is 51.6 cm³/mol. The van der Waals surface area contributed by atoms with Crippen LogP contribution in [0.2, 0.25) is 0 Å². The highest BCUT2D eigenvalue weighted by molar-refractivity contribution is 5.94. The summed E-state index contributed by atoms with van der Waals surface area (Å²) in [6, 6.07) is 1.77. The number of rotatable bonds is 3. The Labute approximate surface area is 86.7 Å². The second-order valence-corrected chi connectivity index (χ2v) is 3.20. The van der Waals surface area contributed by atoms with E-state index in [0.29, 0.717) is 12.4 Å². The average Bonchev–Trinajstić information content (AvgIpc) is 2.85. The lowest BCUT2D eigenvalue weighted by molar-refractivity contribution is -0.143. The number of aliphatic imine (C=N–C) groups is 1. The molecule has 0 bridgehead atoms. The van der Waals surface area contributed by atoms with Crippen molar-refractivity contribution in [2.75, 3.05) is 13.2 Å². The van der Waals surface area contributed by atoms with Crippen LogP contribution in [-0.4, -0.2) is 31.1 Å². The normalized spacial score (nSPS) is 19.5. The predicted octanol–water partition coefficient (Wildman–Crippen LogP) is 0.988. The van der Waals surface area contributed by atoms with E-state index in [2.05, 4.69) is 4.99 Å². The van der Waals surface area contributed by atoms with Crippen LogP contribution in [0.5, 0.6) is 0 Å². The lowest BCUT2D eigenvalue weighted by atomic mass is 10.3. The Balaban J connectivity index is 1.86. The van der Waals surface area contributed by atoms with E-state index >= 15 is 0 Å². The molecule has 1 unspecified atom stereocenters. The molecule has 0 spiro atoms. The van der Waals surface area contributed by atoms with E-state index in [-0.39, 0.29) is 18.7 Å². The minimum atomic E-state index is -0.310. The van der Waals surface area contributed by atoms with Gasteiger partial charge >= 0.3 is 5.97 Å². The van der Waals surface area contributed by atoms with E-state index in [1.54, 1.807) is 18.6 Å². The molecule has 1 atom stereocenters. The molecule has 0 radical (unpaired) electrons. The van der Waals surface area contributed by atoms with Gasteiger partial charge in [-0.1, -0.05) is 0 Å². The van der Waals surface area contributed by atoms with E-state index < -0.39 is 0 Å². The van der Waals surface area contributed by atoms with Crippen LogP contribution < -0.4 is 0 Å². The van der Waals surface area contributed by atoms with Crippen LogP contribution in [0, 0.1) is 0 Å². The minimum absolute atomic E-state index is 0.182. The van der Waals surface area contributed by atoms with Crippen molar-refractivity contribution < 1.29 is 18.7 Å². The molecular formula is C10H11NO4. The van der Waals surface area contributed by atoms with Gasteiger partial charge in [-0.25, -0.2) is 4.99 Å². The average molecular weight is 209 g/mol. The smallest absolute Gasteiger partial charge is 0.302 e. The number of carbonyl (C=O) groups is 1. The van der Waals surface area contributed by atoms with Crippen LogP contribution in [0.25, 0.3) is 0 Å². The van der Waals surface area contributed by atoms with Gasteiger partial charge in [-0.2, -0.15) is 0 Å². The number of esters is 1. The number of carbonyl (C=O) groups excluding carboxylic acids is 1. The molecule has 0 fully saturated rings. The zero-order valence-electron chi connectivity index (χ0n) is 8.30. The van der Waals surface area contributed by atoms with Crippen LogP contribution in [0.3, 0.4) is 0 Å². The molecule has 2 rings (SSSR count). The number of hydrogen-bond donors (Lipinski definition) is 0. The van der Waals surface area contributed by atoms with Gasteiger partial charge in [-0.15, -0.1) is 0 Å². The standard InChI is InChI=1S/C10H11NO4/c1-7(12)14-6-9-4-11-10(15-9)8-2-3-13-5-8/h2-3,5,9H,4,6H2,1H3. The molecule has 0 aliphatic carbocycles. The first-order valence-electron chi connectivity index (χ1n) is 4.63. The molecule has 5 heteroatoms. The Bertz CT molecular complexity index is 369. The Kier molecular flexibility index (Phi) is 2.71. The molecular weight excluding hydrogens is 198 g/mol. The van der Waals surface area contributed by atoms with E-state index in [0.717, 1.165) is 5.56 Å². The third-order valence-corrected chi connectivity index (χ3v) is 1.96. The summed E-state index contributed by atoms with van der Waals surface area (Å²) >= 11 is 0. The summed E-state index contributed by atoms with van der Waals surface area (Å²) in [6.45, 7) is 2.11. The maximum Gasteiger partial charge on any atom is 0.302 e. The van der Waals surface area contributed by atoms with E-state index in [1.807, 2.05) is 0 Å². The van der Waals surface area contributed by atoms with Crippen molar-refractivity contribution in [3.8, 4) is 0 Å². The highest BCUT2D eigenvalue weighted by atomic mass is 16.6. The first-order valence-corrected chi connectivity index (χ1v) is 4.63. The highest BCUT2D eigenvalue weighted by Crippen LogP contribution is 2.12. The zero-order valence-corrected chi connectivity index (χ0v) is 8.30. The van der Waals surface area contributed by atoms with Crippen molar-refractivity contribution in [3.05, 3.63) is 24.2 Å². The summed E-state index contributed by atoms with van der Waals surface area (Å²) in [5, 5.41) is 0. The maximum absolute atomic E-state index is 10.6. The zero-order chi connectivity index (χ0) is 10.7. The van der Waals surface area contributed by atoms with Gasteiger partial charge in [0.1, 0.15) is 12.9 Å². The molecule has 1 aliphatic heterocycles. The van der Waals surface area contributed by atoms with Crippen molar-refractivity contribution in [2.24, 2.45) is 4.99 Å². The molecule has 5 nitrogen and oxygen atoms in total. The quantitative estimate of drug-likeness (QED) is 0.696. The number of ether oxygens (including phenoxy) is 2. The largest absolute Gasteiger partial charge is 0.472 e. The SMILES string of the molecule is CC(=O)OCC1CN=C(c2ccoc2)O1. The minimum Gasteiger partial charge on any atom is -0.472 e. The molecule has 1 aromatic heterocycles. The van der Waals surface area contributed by atoms with Gasteiger partial charge in [-0.3, -0.25) is 4.79 Å². The van der Waals surface area contributed by atoms with Gasteiger partial charge in [0.25, 0.3) is 0 Å². The van der Waals surface area contributed by atoms with E-state index in [4.69, 9.17) is 13.9 Å². The third-order valence-electron chi connectivity index (χ3n) is 1.96. The maximum atomic E-state index is 10.6. The molecule has 0 aromatic carbocycles. The summed E-state index contributed by atoms with van der Waals surface area (Å²) in [5.74, 6) is 0.233. The van der Waals surface area contributed by atoms with Gasteiger partial charge in [0.05, 0.1) is 18.4 Å². The van der Waals surface area contributed by atoms with Crippen molar-refractivity contribution in [2.45, 2.75) is 13.0 Å². The van der Waals surface area contributed by atoms with Crippen molar-refractivity contribution in [3.63, 3.8) is 0 Å². The van der Waals surface area contributed by atoms with Crippen LogP contribution in [0.1, 0.15) is 12.5 Å². The summed E-state index contributed by atoms with van der Waals surface area (Å²) < 4.78 is 15.2. The molecule has 2 heterocycles. The van der Waals surface area contributed by atoms with Gasteiger partial charge in [0.2, 0.25) is 5.90 Å². The van der Waals surface area contributed by atoms with Gasteiger partial charge < -0.3 is 13.9 Å². The van der Waals surface area contributed by atoms with Gasteiger partial charge in [0, 0.05) is 6.92 Å². The summed E-state index contributed by atoms with van der Waals surface area (Å²) in [4.78, 5) is 14.8. The van der Waals surface area contributed by atoms with Gasteiger partial charge in [0.15, 0.2) is 6.10 Å². The number of nitrogens with zero attached hydrogens (tertiary/aromatic N) is 1. The first kappa shape index (κ1) is 9.76. The molecule has 0 saturated carbocycles. The second-order valence-electron chi connectivity index (χ2n) is 3.20. The lowest BCUT2D eigenvalue weighted by Crippen LogP contribution is -2.21. The van der Waals surface area contributed by atoms with E-state index in [1.165, 1.54) is 6.92 Å². The van der Waals surface area contributed by atoms with Crippen LogP contribution in [-0.2, 0) is 14.3 Å². The molecule has 1 aromatic rings. The third kappa shape index (κ3) is 2.37. The van der Waals surface area contributed by atoms with Crippen LogP contribution in [0.4, 0.5) is 0 Å². The fourth-order valence-electron chi connectivity index (χ4n) is 1.26. The van der Waals surface area contributed by atoms with Crippen molar-refractivity contribution in [1.29, 1.82) is 0 Å². The fourth-order valence-corrected chi connectivity index (χ4v) is 1.26. The Hall–Kier alpha value is -1.78. The van der Waals surface area contributed by atoms with Gasteiger partial charge in [-0.05, 0) is 6.07 Å². The molecule has 15 heavy (non-hydrogen) atoms. The summed E-state index contributed by atoms with van der Waals surface area (Å²) in [5.41, 5.74) is 0.806. The number of hydrogen-bond acceptors (Lipinski definition) is 5. The van der Waals surface area contributed by atoms with E-state index in [9.17, 15) is 4.79 Å². The summed E-state index contributed by atoms with van der Waals surface area (Å²) in [6.07, 6.45) is 2.94.